The van der Waals surface area contributed by atoms with E-state index in [1.807, 2.05) is 31.2 Å². The quantitative estimate of drug-likeness (QED) is 0.702. The highest BCUT2D eigenvalue weighted by Crippen LogP contribution is 2.30. The Labute approximate surface area is 150 Å². The number of carbonyl (C=O) groups is 2. The first-order valence-corrected chi connectivity index (χ1v) is 8.57. The summed E-state index contributed by atoms with van der Waals surface area (Å²) in [6.45, 7) is 6.23. The second kappa shape index (κ2) is 7.21. The summed E-state index contributed by atoms with van der Waals surface area (Å²) in [5.41, 5.74) is 6.31. The number of nitrogens with two attached hydrogens (primary N) is 1. The molecule has 1 aromatic carbocycles. The van der Waals surface area contributed by atoms with E-state index in [0.717, 1.165) is 16.5 Å². The molecule has 0 spiro atoms. The van der Waals surface area contributed by atoms with Crippen LogP contribution in [-0.4, -0.2) is 16.8 Å². The van der Waals surface area contributed by atoms with Gasteiger partial charge in [0.2, 0.25) is 5.91 Å². The third-order valence-corrected chi connectivity index (χ3v) is 4.37. The lowest BCUT2D eigenvalue weighted by atomic mass is 9.84. The second-order valence-corrected chi connectivity index (χ2v) is 7.48. The molecule has 24 heavy (non-hydrogen) atoms. The van der Waals surface area contributed by atoms with Crippen molar-refractivity contribution in [3.63, 3.8) is 0 Å². The maximum absolute atomic E-state index is 12.6. The molecule has 4 N–H and O–H groups in total. The van der Waals surface area contributed by atoms with E-state index >= 15 is 0 Å². The first-order chi connectivity index (χ1) is 11.2. The molecule has 1 aromatic heterocycles. The number of benzene rings is 1. The Morgan fingerprint density at radius 3 is 2.58 bits per heavy atom. The van der Waals surface area contributed by atoms with Crippen LogP contribution in [0.25, 0.3) is 0 Å². The minimum Gasteiger partial charge on any atom is -0.366 e. The predicted octanol–water partition coefficient (Wildman–Crippen LogP) is 3.57. The fourth-order valence-corrected chi connectivity index (χ4v) is 3.27. The maximum Gasteiger partial charge on any atom is 0.268 e. The molecule has 1 heterocycles. The SMILES string of the molecule is CC(C)C[C@](C)(NC(=O)c1cc(C(N)=O)c[nH]1)c1cccc(Br)c1. The summed E-state index contributed by atoms with van der Waals surface area (Å²) in [6, 6.07) is 9.37. The van der Waals surface area contributed by atoms with Crippen LogP contribution in [-0.2, 0) is 5.54 Å². The summed E-state index contributed by atoms with van der Waals surface area (Å²) in [5, 5.41) is 3.09. The molecule has 0 saturated carbocycles. The summed E-state index contributed by atoms with van der Waals surface area (Å²) < 4.78 is 0.958. The first-order valence-electron chi connectivity index (χ1n) is 7.78. The average Bonchev–Trinajstić information content (AvgIpc) is 2.96. The lowest BCUT2D eigenvalue weighted by Crippen LogP contribution is -2.44. The molecular weight excluding hydrogens is 370 g/mol. The molecule has 2 amide bonds. The minimum absolute atomic E-state index is 0.273. The number of rotatable bonds is 6. The summed E-state index contributed by atoms with van der Waals surface area (Å²) >= 11 is 3.48. The molecule has 128 valence electrons. The fraction of sp³-hybridized carbons (Fsp3) is 0.333. The number of primary amides is 1. The van der Waals surface area contributed by atoms with Crippen molar-refractivity contribution in [3.05, 3.63) is 57.8 Å². The van der Waals surface area contributed by atoms with Gasteiger partial charge in [-0.2, -0.15) is 0 Å². The Morgan fingerprint density at radius 2 is 2.04 bits per heavy atom. The van der Waals surface area contributed by atoms with Crippen LogP contribution in [0.15, 0.2) is 41.0 Å². The van der Waals surface area contributed by atoms with Crippen molar-refractivity contribution in [2.45, 2.75) is 32.7 Å². The average molecular weight is 392 g/mol. The van der Waals surface area contributed by atoms with Gasteiger partial charge in [-0.25, -0.2) is 0 Å². The van der Waals surface area contributed by atoms with E-state index in [1.165, 1.54) is 12.3 Å². The normalized spacial score (nSPS) is 13.5. The molecule has 1 atom stereocenters. The van der Waals surface area contributed by atoms with Crippen molar-refractivity contribution in [2.75, 3.05) is 0 Å². The van der Waals surface area contributed by atoms with E-state index in [0.29, 0.717) is 11.6 Å². The molecule has 0 radical (unpaired) electrons. The lowest BCUT2D eigenvalue weighted by molar-refractivity contribution is 0.0888. The van der Waals surface area contributed by atoms with Gasteiger partial charge in [0.05, 0.1) is 11.1 Å². The zero-order chi connectivity index (χ0) is 17.9. The van der Waals surface area contributed by atoms with Crippen LogP contribution in [0.5, 0.6) is 0 Å². The largest absolute Gasteiger partial charge is 0.366 e. The molecule has 2 rings (SSSR count). The van der Waals surface area contributed by atoms with Crippen molar-refractivity contribution in [2.24, 2.45) is 11.7 Å². The highest BCUT2D eigenvalue weighted by Gasteiger charge is 2.30. The molecule has 5 nitrogen and oxygen atoms in total. The number of halogens is 1. The Bertz CT molecular complexity index is 754. The van der Waals surface area contributed by atoms with Gasteiger partial charge in [0.1, 0.15) is 5.69 Å². The van der Waals surface area contributed by atoms with Crippen molar-refractivity contribution in [1.29, 1.82) is 0 Å². The van der Waals surface area contributed by atoms with E-state index < -0.39 is 11.4 Å². The highest BCUT2D eigenvalue weighted by molar-refractivity contribution is 9.10. The Balaban J connectivity index is 2.30. The number of aromatic amines is 1. The minimum atomic E-state index is -0.567. The number of aromatic nitrogens is 1. The molecule has 2 aromatic rings. The number of amides is 2. The van der Waals surface area contributed by atoms with Gasteiger partial charge in [-0.15, -0.1) is 0 Å². The molecule has 0 aliphatic carbocycles. The Morgan fingerprint density at radius 1 is 1.33 bits per heavy atom. The standard InChI is InChI=1S/C18H22BrN3O2/c1-11(2)9-18(3,13-5-4-6-14(19)8-13)22-17(24)15-7-12(10-21-15)16(20)23/h4-8,10-11,21H,9H2,1-3H3,(H2,20,23)(H,22,24)/t18-/m0/s1. The number of H-pyrrole nitrogens is 1. The van der Waals surface area contributed by atoms with Gasteiger partial charge in [-0.1, -0.05) is 41.9 Å². The lowest BCUT2D eigenvalue weighted by Gasteiger charge is -2.33. The van der Waals surface area contributed by atoms with Gasteiger partial charge in [0.25, 0.3) is 5.91 Å². The maximum atomic E-state index is 12.6. The zero-order valence-corrected chi connectivity index (χ0v) is 15.6. The van der Waals surface area contributed by atoms with Crippen molar-refractivity contribution in [1.82, 2.24) is 10.3 Å². The monoisotopic (exact) mass is 391 g/mol. The van der Waals surface area contributed by atoms with Crippen LogP contribution in [0.3, 0.4) is 0 Å². The predicted molar refractivity (Wildman–Crippen MR) is 97.7 cm³/mol. The summed E-state index contributed by atoms with van der Waals surface area (Å²) in [6.07, 6.45) is 2.22. The van der Waals surface area contributed by atoms with Crippen LogP contribution in [0.4, 0.5) is 0 Å². The van der Waals surface area contributed by atoms with Gasteiger partial charge >= 0.3 is 0 Å². The Kier molecular flexibility index (Phi) is 5.49. The molecule has 0 aliphatic rings. The number of hydrogen-bond acceptors (Lipinski definition) is 2. The molecule has 0 bridgehead atoms. The molecule has 6 heteroatoms. The van der Waals surface area contributed by atoms with E-state index in [1.54, 1.807) is 0 Å². The van der Waals surface area contributed by atoms with Crippen LogP contribution in [0, 0.1) is 5.92 Å². The van der Waals surface area contributed by atoms with Crippen LogP contribution < -0.4 is 11.1 Å². The smallest absolute Gasteiger partial charge is 0.268 e. The van der Waals surface area contributed by atoms with Crippen LogP contribution >= 0.6 is 15.9 Å². The molecule has 0 saturated heterocycles. The van der Waals surface area contributed by atoms with Crippen molar-refractivity contribution in [3.8, 4) is 0 Å². The summed E-state index contributed by atoms with van der Waals surface area (Å²) in [5.74, 6) is -0.452. The number of hydrogen-bond donors (Lipinski definition) is 3. The third-order valence-electron chi connectivity index (χ3n) is 3.88. The van der Waals surface area contributed by atoms with E-state index in [-0.39, 0.29) is 11.5 Å². The third kappa shape index (κ3) is 4.26. The van der Waals surface area contributed by atoms with Crippen LogP contribution in [0.1, 0.15) is 53.6 Å². The number of carbonyl (C=O) groups excluding carboxylic acids is 2. The first kappa shape index (κ1) is 18.3. The molecule has 0 aliphatic heterocycles. The highest BCUT2D eigenvalue weighted by atomic mass is 79.9. The molecular formula is C18H22BrN3O2. The van der Waals surface area contributed by atoms with E-state index in [4.69, 9.17) is 5.73 Å². The molecule has 0 unspecified atom stereocenters. The van der Waals surface area contributed by atoms with Gasteiger partial charge < -0.3 is 16.0 Å². The van der Waals surface area contributed by atoms with Gasteiger partial charge in [-0.05, 0) is 43.0 Å². The van der Waals surface area contributed by atoms with Crippen molar-refractivity contribution < 1.29 is 9.59 Å². The Hall–Kier alpha value is -2.08. The molecule has 0 fully saturated rings. The van der Waals surface area contributed by atoms with E-state index in [2.05, 4.69) is 40.1 Å². The summed E-state index contributed by atoms with van der Waals surface area (Å²) in [7, 11) is 0. The topological polar surface area (TPSA) is 88.0 Å². The van der Waals surface area contributed by atoms with Gasteiger partial charge in [0, 0.05) is 10.7 Å². The second-order valence-electron chi connectivity index (χ2n) is 6.56. The number of nitrogens with one attached hydrogen (secondary N) is 2. The van der Waals surface area contributed by atoms with E-state index in [9.17, 15) is 9.59 Å². The van der Waals surface area contributed by atoms with Crippen molar-refractivity contribution >= 4 is 27.7 Å². The van der Waals surface area contributed by atoms with Crippen LogP contribution in [0.2, 0.25) is 0 Å². The van der Waals surface area contributed by atoms with Gasteiger partial charge in [-0.3, -0.25) is 9.59 Å². The summed E-state index contributed by atoms with van der Waals surface area (Å²) in [4.78, 5) is 26.6. The zero-order valence-electron chi connectivity index (χ0n) is 14.0. The van der Waals surface area contributed by atoms with Gasteiger partial charge in [0.15, 0.2) is 0 Å². The fourth-order valence-electron chi connectivity index (χ4n) is 2.87.